The summed E-state index contributed by atoms with van der Waals surface area (Å²) in [5.41, 5.74) is 0.853. The minimum atomic E-state index is -0.398. The van der Waals surface area contributed by atoms with Crippen molar-refractivity contribution >= 4 is 17.6 Å². The largest absolute Gasteiger partial charge is 0.459 e. The second kappa shape index (κ2) is 7.53. The molecule has 3 rings (SSSR count). The van der Waals surface area contributed by atoms with E-state index in [1.807, 2.05) is 26.0 Å². The minimum absolute atomic E-state index is 0.0649. The van der Waals surface area contributed by atoms with Crippen molar-refractivity contribution in [1.29, 1.82) is 0 Å². The number of benzene rings is 1. The highest BCUT2D eigenvalue weighted by Gasteiger charge is 2.26. The normalized spacial score (nSPS) is 12.3. The molecule has 1 aromatic carbocycles. The summed E-state index contributed by atoms with van der Waals surface area (Å²) < 4.78 is 16.0. The van der Waals surface area contributed by atoms with Crippen LogP contribution in [0.15, 0.2) is 51.5 Å². The predicted molar refractivity (Wildman–Crippen MR) is 90.8 cm³/mol. The number of rotatable bonds is 6. The maximum atomic E-state index is 12.5. The van der Waals surface area contributed by atoms with E-state index in [4.69, 9.17) is 25.2 Å². The zero-order valence-electron chi connectivity index (χ0n) is 13.8. The van der Waals surface area contributed by atoms with Crippen LogP contribution in [0.25, 0.3) is 11.7 Å². The molecule has 0 fully saturated rings. The van der Waals surface area contributed by atoms with Crippen LogP contribution in [0.3, 0.4) is 0 Å². The average Bonchev–Trinajstić information content (AvgIpc) is 3.26. The SMILES string of the molecule is CC(C)[C@H](C(=O)OCc1nnc(-c2ccco2)o1)c1ccc(Cl)cc1. The van der Waals surface area contributed by atoms with Crippen molar-refractivity contribution in [2.45, 2.75) is 26.4 Å². The van der Waals surface area contributed by atoms with Crippen LogP contribution in [-0.2, 0) is 16.1 Å². The molecule has 0 aliphatic carbocycles. The van der Waals surface area contributed by atoms with Gasteiger partial charge < -0.3 is 13.6 Å². The van der Waals surface area contributed by atoms with Gasteiger partial charge in [0.15, 0.2) is 12.4 Å². The Morgan fingerprint density at radius 1 is 1.20 bits per heavy atom. The third-order valence-corrected chi connectivity index (χ3v) is 3.94. The van der Waals surface area contributed by atoms with Gasteiger partial charge in [-0.1, -0.05) is 37.6 Å². The molecule has 2 aromatic heterocycles. The van der Waals surface area contributed by atoms with Crippen molar-refractivity contribution in [2.75, 3.05) is 0 Å². The first-order valence-electron chi connectivity index (χ1n) is 7.83. The number of esters is 1. The van der Waals surface area contributed by atoms with Crippen LogP contribution in [0.2, 0.25) is 5.02 Å². The third-order valence-electron chi connectivity index (χ3n) is 3.69. The Kier molecular flexibility index (Phi) is 5.19. The molecule has 130 valence electrons. The number of ether oxygens (including phenoxy) is 1. The van der Waals surface area contributed by atoms with E-state index in [1.54, 1.807) is 24.3 Å². The topological polar surface area (TPSA) is 78.4 Å². The van der Waals surface area contributed by atoms with Crippen LogP contribution in [0.1, 0.15) is 31.2 Å². The lowest BCUT2D eigenvalue weighted by atomic mass is 9.88. The van der Waals surface area contributed by atoms with Gasteiger partial charge in [0.1, 0.15) is 0 Å². The molecule has 2 heterocycles. The summed E-state index contributed by atoms with van der Waals surface area (Å²) in [5, 5.41) is 8.35. The fraction of sp³-hybridized carbons (Fsp3) is 0.278. The Morgan fingerprint density at radius 2 is 1.96 bits per heavy atom. The standard InChI is InChI=1S/C18H17ClN2O4/c1-11(2)16(12-5-7-13(19)8-6-12)18(22)24-10-15-20-21-17(25-15)14-4-3-9-23-14/h3-9,11,16H,10H2,1-2H3/t16-/m0/s1. The van der Waals surface area contributed by atoms with Gasteiger partial charge in [-0.2, -0.15) is 0 Å². The Labute approximate surface area is 149 Å². The van der Waals surface area contributed by atoms with Crippen molar-refractivity contribution < 1.29 is 18.4 Å². The number of hydrogen-bond acceptors (Lipinski definition) is 6. The van der Waals surface area contributed by atoms with Crippen molar-refractivity contribution in [1.82, 2.24) is 10.2 Å². The van der Waals surface area contributed by atoms with E-state index < -0.39 is 5.92 Å². The number of furan rings is 1. The Hall–Kier alpha value is -2.60. The van der Waals surface area contributed by atoms with E-state index in [2.05, 4.69) is 10.2 Å². The van der Waals surface area contributed by atoms with Gasteiger partial charge in [0.05, 0.1) is 12.2 Å². The van der Waals surface area contributed by atoms with Crippen LogP contribution in [0, 0.1) is 5.92 Å². The fourth-order valence-electron chi connectivity index (χ4n) is 2.50. The first kappa shape index (κ1) is 17.2. The van der Waals surface area contributed by atoms with Crippen LogP contribution < -0.4 is 0 Å². The Balaban J connectivity index is 1.67. The van der Waals surface area contributed by atoms with Crippen molar-refractivity contribution in [3.8, 4) is 11.7 Å². The molecule has 0 aliphatic rings. The fourth-order valence-corrected chi connectivity index (χ4v) is 2.62. The van der Waals surface area contributed by atoms with Gasteiger partial charge in [0.25, 0.3) is 11.8 Å². The maximum Gasteiger partial charge on any atom is 0.314 e. The molecule has 25 heavy (non-hydrogen) atoms. The Morgan fingerprint density at radius 3 is 2.60 bits per heavy atom. The smallest absolute Gasteiger partial charge is 0.314 e. The molecule has 0 radical (unpaired) electrons. The van der Waals surface area contributed by atoms with E-state index in [9.17, 15) is 4.79 Å². The van der Waals surface area contributed by atoms with Crippen LogP contribution in [0.5, 0.6) is 0 Å². The predicted octanol–water partition coefficient (Wildman–Crippen LogP) is 4.47. The lowest BCUT2D eigenvalue weighted by molar-refractivity contribution is -0.148. The molecule has 0 amide bonds. The number of nitrogens with zero attached hydrogens (tertiary/aromatic N) is 2. The summed E-state index contributed by atoms with van der Waals surface area (Å²) in [6.45, 7) is 3.83. The number of hydrogen-bond donors (Lipinski definition) is 0. The molecule has 0 saturated carbocycles. The Bertz CT molecular complexity index is 825. The summed E-state index contributed by atoms with van der Waals surface area (Å²) in [4.78, 5) is 12.5. The van der Waals surface area contributed by atoms with Gasteiger partial charge in [-0.3, -0.25) is 4.79 Å². The van der Waals surface area contributed by atoms with Crippen molar-refractivity contribution in [2.24, 2.45) is 5.92 Å². The van der Waals surface area contributed by atoms with E-state index in [0.29, 0.717) is 10.8 Å². The number of aromatic nitrogens is 2. The number of carbonyl (C=O) groups excluding carboxylic acids is 1. The first-order chi connectivity index (χ1) is 12.0. The molecule has 0 N–H and O–H groups in total. The van der Waals surface area contributed by atoms with Gasteiger partial charge in [-0.15, -0.1) is 10.2 Å². The summed E-state index contributed by atoms with van der Waals surface area (Å²) in [7, 11) is 0. The molecule has 6 nitrogen and oxygen atoms in total. The van der Waals surface area contributed by atoms with Gasteiger partial charge >= 0.3 is 5.97 Å². The highest BCUT2D eigenvalue weighted by Crippen LogP contribution is 2.27. The lowest BCUT2D eigenvalue weighted by Crippen LogP contribution is -2.20. The molecular formula is C18H17ClN2O4. The third kappa shape index (κ3) is 4.09. The van der Waals surface area contributed by atoms with E-state index in [-0.39, 0.29) is 30.3 Å². The van der Waals surface area contributed by atoms with Crippen LogP contribution >= 0.6 is 11.6 Å². The summed E-state index contributed by atoms with van der Waals surface area (Å²) in [5.74, 6) is 0.230. The van der Waals surface area contributed by atoms with E-state index in [0.717, 1.165) is 5.56 Å². The number of carbonyl (C=O) groups is 1. The quantitative estimate of drug-likeness (QED) is 0.603. The monoisotopic (exact) mass is 360 g/mol. The van der Waals surface area contributed by atoms with Crippen LogP contribution in [-0.4, -0.2) is 16.2 Å². The minimum Gasteiger partial charge on any atom is -0.459 e. The maximum absolute atomic E-state index is 12.5. The molecule has 7 heteroatoms. The van der Waals surface area contributed by atoms with Gasteiger partial charge in [0, 0.05) is 5.02 Å². The summed E-state index contributed by atoms with van der Waals surface area (Å²) >= 11 is 5.91. The molecule has 0 spiro atoms. The van der Waals surface area contributed by atoms with Gasteiger partial charge in [-0.25, -0.2) is 0 Å². The zero-order valence-corrected chi connectivity index (χ0v) is 14.6. The highest BCUT2D eigenvalue weighted by atomic mass is 35.5. The second-order valence-electron chi connectivity index (χ2n) is 5.86. The van der Waals surface area contributed by atoms with E-state index >= 15 is 0 Å². The number of halogens is 1. The average molecular weight is 361 g/mol. The summed E-state index contributed by atoms with van der Waals surface area (Å²) in [6, 6.07) is 10.6. The second-order valence-corrected chi connectivity index (χ2v) is 6.30. The summed E-state index contributed by atoms with van der Waals surface area (Å²) in [6.07, 6.45) is 1.51. The van der Waals surface area contributed by atoms with Gasteiger partial charge in [0.2, 0.25) is 0 Å². The molecule has 3 aromatic rings. The molecule has 1 atom stereocenters. The van der Waals surface area contributed by atoms with Crippen molar-refractivity contribution in [3.63, 3.8) is 0 Å². The molecule has 0 unspecified atom stereocenters. The molecule has 0 saturated heterocycles. The van der Waals surface area contributed by atoms with Crippen molar-refractivity contribution in [3.05, 3.63) is 59.1 Å². The highest BCUT2D eigenvalue weighted by molar-refractivity contribution is 6.30. The van der Waals surface area contributed by atoms with Crippen LogP contribution in [0.4, 0.5) is 0 Å². The van der Waals surface area contributed by atoms with E-state index in [1.165, 1.54) is 6.26 Å². The first-order valence-corrected chi connectivity index (χ1v) is 8.20. The lowest BCUT2D eigenvalue weighted by Gasteiger charge is -2.19. The molecule has 0 aliphatic heterocycles. The van der Waals surface area contributed by atoms with Gasteiger partial charge in [-0.05, 0) is 35.7 Å². The molecular weight excluding hydrogens is 344 g/mol. The zero-order chi connectivity index (χ0) is 17.8. The molecule has 0 bridgehead atoms.